The van der Waals surface area contributed by atoms with Crippen LogP contribution in [-0.4, -0.2) is 13.1 Å². The first-order chi connectivity index (χ1) is 9.61. The van der Waals surface area contributed by atoms with E-state index >= 15 is 0 Å². The molecular formula is C16H16FNO2. The molecule has 0 atom stereocenters. The van der Waals surface area contributed by atoms with Gasteiger partial charge >= 0.3 is 5.97 Å². The molecule has 0 saturated heterocycles. The Morgan fingerprint density at radius 2 is 2.00 bits per heavy atom. The van der Waals surface area contributed by atoms with Crippen LogP contribution >= 0.6 is 0 Å². The Kier molecular flexibility index (Phi) is 4.35. The summed E-state index contributed by atoms with van der Waals surface area (Å²) in [5.41, 5.74) is 2.52. The molecule has 0 heterocycles. The molecule has 0 aromatic heterocycles. The zero-order chi connectivity index (χ0) is 14.5. The summed E-state index contributed by atoms with van der Waals surface area (Å²) in [4.78, 5) is 11.6. The summed E-state index contributed by atoms with van der Waals surface area (Å²) >= 11 is 0. The lowest BCUT2D eigenvalue weighted by atomic mass is 10.1. The van der Waals surface area contributed by atoms with Crippen molar-refractivity contribution in [3.63, 3.8) is 0 Å². The van der Waals surface area contributed by atoms with Crippen molar-refractivity contribution in [2.24, 2.45) is 0 Å². The van der Waals surface area contributed by atoms with Crippen molar-refractivity contribution in [2.45, 2.75) is 13.5 Å². The first-order valence-electron chi connectivity index (χ1n) is 6.28. The Balaban J connectivity index is 2.17. The fraction of sp³-hybridized carbons (Fsp3) is 0.188. The zero-order valence-electron chi connectivity index (χ0n) is 11.4. The van der Waals surface area contributed by atoms with Crippen LogP contribution in [-0.2, 0) is 11.3 Å². The smallest absolute Gasteiger partial charge is 0.338 e. The molecule has 2 aromatic rings. The summed E-state index contributed by atoms with van der Waals surface area (Å²) in [5, 5.41) is 2.99. The number of rotatable bonds is 4. The number of esters is 1. The second kappa shape index (κ2) is 6.19. The predicted molar refractivity (Wildman–Crippen MR) is 76.2 cm³/mol. The maximum absolute atomic E-state index is 13.7. The number of nitrogens with one attached hydrogen (secondary N) is 1. The van der Waals surface area contributed by atoms with Gasteiger partial charge < -0.3 is 10.1 Å². The molecule has 0 unspecified atom stereocenters. The quantitative estimate of drug-likeness (QED) is 0.866. The minimum atomic E-state index is -0.397. The summed E-state index contributed by atoms with van der Waals surface area (Å²) in [6.07, 6.45) is 0. The standard InChI is InChI=1S/C16H16FNO2/c1-11-7-8-15(14(17)9-11)18-10-12-5-3-4-6-13(12)16(19)20-2/h3-9,18H,10H2,1-2H3. The minimum absolute atomic E-state index is 0.305. The highest BCUT2D eigenvalue weighted by atomic mass is 19.1. The van der Waals surface area contributed by atoms with Gasteiger partial charge in [0.05, 0.1) is 18.4 Å². The zero-order valence-corrected chi connectivity index (χ0v) is 11.4. The summed E-state index contributed by atoms with van der Waals surface area (Å²) in [5.74, 6) is -0.702. The number of carbonyl (C=O) groups is 1. The first-order valence-corrected chi connectivity index (χ1v) is 6.28. The molecule has 0 amide bonds. The van der Waals surface area contributed by atoms with Crippen LogP contribution < -0.4 is 5.32 Å². The number of carbonyl (C=O) groups excluding carboxylic acids is 1. The van der Waals surface area contributed by atoms with E-state index in [0.29, 0.717) is 17.8 Å². The summed E-state index contributed by atoms with van der Waals surface area (Å²) in [6.45, 7) is 2.19. The van der Waals surface area contributed by atoms with Crippen LogP contribution in [0.5, 0.6) is 0 Å². The Hall–Kier alpha value is -2.36. The van der Waals surface area contributed by atoms with Crippen molar-refractivity contribution in [3.8, 4) is 0 Å². The highest BCUT2D eigenvalue weighted by molar-refractivity contribution is 5.91. The molecule has 0 aliphatic carbocycles. The number of hydrogen-bond acceptors (Lipinski definition) is 3. The number of benzene rings is 2. The number of anilines is 1. The van der Waals surface area contributed by atoms with Gasteiger partial charge in [0.2, 0.25) is 0 Å². The van der Waals surface area contributed by atoms with E-state index in [1.165, 1.54) is 13.2 Å². The van der Waals surface area contributed by atoms with Gasteiger partial charge in [-0.15, -0.1) is 0 Å². The molecule has 3 nitrogen and oxygen atoms in total. The lowest BCUT2D eigenvalue weighted by Gasteiger charge is -2.11. The van der Waals surface area contributed by atoms with Crippen LogP contribution in [0.3, 0.4) is 0 Å². The third kappa shape index (κ3) is 3.15. The molecule has 20 heavy (non-hydrogen) atoms. The summed E-state index contributed by atoms with van der Waals surface area (Å²) < 4.78 is 18.5. The van der Waals surface area contributed by atoms with Crippen LogP contribution in [0, 0.1) is 12.7 Å². The molecule has 0 saturated carbocycles. The van der Waals surface area contributed by atoms with Gasteiger partial charge in [-0.2, -0.15) is 0 Å². The molecule has 2 aromatic carbocycles. The van der Waals surface area contributed by atoms with Crippen LogP contribution in [0.1, 0.15) is 21.5 Å². The van der Waals surface area contributed by atoms with E-state index in [1.54, 1.807) is 18.2 Å². The molecule has 104 valence electrons. The largest absolute Gasteiger partial charge is 0.465 e. The second-order valence-electron chi connectivity index (χ2n) is 4.49. The van der Waals surface area contributed by atoms with E-state index < -0.39 is 5.97 Å². The third-order valence-electron chi connectivity index (χ3n) is 3.02. The van der Waals surface area contributed by atoms with Crippen molar-refractivity contribution in [1.29, 1.82) is 0 Å². The monoisotopic (exact) mass is 273 g/mol. The van der Waals surface area contributed by atoms with Gasteiger partial charge in [0, 0.05) is 6.54 Å². The van der Waals surface area contributed by atoms with Crippen molar-refractivity contribution in [2.75, 3.05) is 12.4 Å². The molecule has 0 radical (unpaired) electrons. The Bertz CT molecular complexity index is 626. The molecule has 1 N–H and O–H groups in total. The molecule has 0 bridgehead atoms. The molecular weight excluding hydrogens is 257 g/mol. The molecule has 0 spiro atoms. The van der Waals surface area contributed by atoms with Crippen LogP contribution in [0.15, 0.2) is 42.5 Å². The van der Waals surface area contributed by atoms with Gasteiger partial charge in [-0.3, -0.25) is 0 Å². The van der Waals surface area contributed by atoms with Crippen molar-refractivity contribution in [1.82, 2.24) is 0 Å². The normalized spacial score (nSPS) is 10.2. The van der Waals surface area contributed by atoms with Crippen LogP contribution in [0.2, 0.25) is 0 Å². The fourth-order valence-electron chi connectivity index (χ4n) is 1.94. The number of methoxy groups -OCH3 is 1. The maximum Gasteiger partial charge on any atom is 0.338 e. The minimum Gasteiger partial charge on any atom is -0.465 e. The lowest BCUT2D eigenvalue weighted by molar-refractivity contribution is 0.0599. The van der Waals surface area contributed by atoms with E-state index in [-0.39, 0.29) is 5.82 Å². The van der Waals surface area contributed by atoms with E-state index in [2.05, 4.69) is 5.32 Å². The molecule has 0 aliphatic rings. The van der Waals surface area contributed by atoms with Crippen molar-refractivity contribution >= 4 is 11.7 Å². The number of halogens is 1. The second-order valence-corrected chi connectivity index (χ2v) is 4.49. The topological polar surface area (TPSA) is 38.3 Å². The SMILES string of the molecule is COC(=O)c1ccccc1CNc1ccc(C)cc1F. The third-order valence-corrected chi connectivity index (χ3v) is 3.02. The number of ether oxygens (including phenoxy) is 1. The van der Waals surface area contributed by atoms with E-state index in [0.717, 1.165) is 11.1 Å². The van der Waals surface area contributed by atoms with Gasteiger partial charge in [-0.25, -0.2) is 9.18 Å². The van der Waals surface area contributed by atoms with Gasteiger partial charge in [0.15, 0.2) is 0 Å². The van der Waals surface area contributed by atoms with E-state index in [4.69, 9.17) is 4.74 Å². The van der Waals surface area contributed by atoms with Crippen molar-refractivity contribution < 1.29 is 13.9 Å². The van der Waals surface area contributed by atoms with Gasteiger partial charge in [-0.1, -0.05) is 24.3 Å². The average Bonchev–Trinajstić information content (AvgIpc) is 2.46. The van der Waals surface area contributed by atoms with Gasteiger partial charge in [-0.05, 0) is 36.2 Å². The van der Waals surface area contributed by atoms with E-state index in [9.17, 15) is 9.18 Å². The lowest BCUT2D eigenvalue weighted by Crippen LogP contribution is -2.09. The van der Waals surface area contributed by atoms with Gasteiger partial charge in [0.25, 0.3) is 0 Å². The Labute approximate surface area is 117 Å². The first kappa shape index (κ1) is 14.1. The summed E-state index contributed by atoms with van der Waals surface area (Å²) in [7, 11) is 1.34. The number of aryl methyl sites for hydroxylation is 1. The maximum atomic E-state index is 13.7. The van der Waals surface area contributed by atoms with E-state index in [1.807, 2.05) is 25.1 Å². The molecule has 4 heteroatoms. The van der Waals surface area contributed by atoms with Crippen LogP contribution in [0.4, 0.5) is 10.1 Å². The number of hydrogen-bond donors (Lipinski definition) is 1. The fourth-order valence-corrected chi connectivity index (χ4v) is 1.94. The molecule has 2 rings (SSSR count). The van der Waals surface area contributed by atoms with Gasteiger partial charge in [0.1, 0.15) is 5.82 Å². The molecule has 0 fully saturated rings. The average molecular weight is 273 g/mol. The Morgan fingerprint density at radius 3 is 2.70 bits per heavy atom. The highest BCUT2D eigenvalue weighted by Crippen LogP contribution is 2.18. The summed E-state index contributed by atoms with van der Waals surface area (Å²) in [6, 6.07) is 12.1. The molecule has 0 aliphatic heterocycles. The Morgan fingerprint density at radius 1 is 1.25 bits per heavy atom. The van der Waals surface area contributed by atoms with Crippen molar-refractivity contribution in [3.05, 3.63) is 65.0 Å². The van der Waals surface area contributed by atoms with Crippen LogP contribution in [0.25, 0.3) is 0 Å². The predicted octanol–water partition coefficient (Wildman–Crippen LogP) is 3.53. The highest BCUT2D eigenvalue weighted by Gasteiger charge is 2.11.